The summed E-state index contributed by atoms with van der Waals surface area (Å²) in [6, 6.07) is 2.67. The molecule has 0 aliphatic rings. The molecule has 0 aromatic carbocycles. The smallest absolute Gasteiger partial charge is 0.337 e. The summed E-state index contributed by atoms with van der Waals surface area (Å²) < 4.78 is 1.49. The van der Waals surface area contributed by atoms with Crippen LogP contribution in [0.25, 0.3) is 0 Å². The first-order valence-electron chi connectivity index (χ1n) is 6.59. The van der Waals surface area contributed by atoms with Crippen molar-refractivity contribution in [1.29, 1.82) is 0 Å². The Morgan fingerprint density at radius 1 is 1.17 bits per heavy atom. The molecule has 0 bridgehead atoms. The maximum Gasteiger partial charge on any atom is 0.337 e. The third kappa shape index (κ3) is 4.73. The Labute approximate surface area is 107 Å². The van der Waals surface area contributed by atoms with Crippen LogP contribution < -0.4 is 5.56 Å². The third-order valence-corrected chi connectivity index (χ3v) is 2.98. The van der Waals surface area contributed by atoms with E-state index >= 15 is 0 Å². The lowest BCUT2D eigenvalue weighted by Gasteiger charge is -2.06. The zero-order valence-corrected chi connectivity index (χ0v) is 10.9. The number of aromatic nitrogens is 1. The van der Waals surface area contributed by atoms with Crippen LogP contribution in [0.4, 0.5) is 0 Å². The van der Waals surface area contributed by atoms with Crippen molar-refractivity contribution in [3.05, 3.63) is 34.2 Å². The number of pyridine rings is 1. The second kappa shape index (κ2) is 7.69. The molecule has 100 valence electrons. The van der Waals surface area contributed by atoms with Crippen LogP contribution >= 0.6 is 0 Å². The maximum atomic E-state index is 11.5. The number of carboxylic acids is 1. The number of unbranched alkanes of at least 4 members (excludes halogenated alkanes) is 5. The largest absolute Gasteiger partial charge is 0.478 e. The van der Waals surface area contributed by atoms with Crippen molar-refractivity contribution in [2.24, 2.45) is 0 Å². The quantitative estimate of drug-likeness (QED) is 0.723. The van der Waals surface area contributed by atoms with Gasteiger partial charge in [-0.05, 0) is 12.5 Å². The topological polar surface area (TPSA) is 59.3 Å². The van der Waals surface area contributed by atoms with Crippen LogP contribution in [0.2, 0.25) is 0 Å². The van der Waals surface area contributed by atoms with Crippen molar-refractivity contribution < 1.29 is 9.90 Å². The van der Waals surface area contributed by atoms with Gasteiger partial charge in [-0.15, -0.1) is 0 Å². The van der Waals surface area contributed by atoms with Gasteiger partial charge >= 0.3 is 5.97 Å². The predicted molar refractivity (Wildman–Crippen MR) is 71.0 cm³/mol. The lowest BCUT2D eigenvalue weighted by molar-refractivity contribution is 0.0696. The minimum absolute atomic E-state index is 0.131. The number of hydrogen-bond acceptors (Lipinski definition) is 2. The SMILES string of the molecule is CCCCCCCCn1cc(C(=O)O)ccc1=O. The second-order valence-corrected chi connectivity index (χ2v) is 4.52. The van der Waals surface area contributed by atoms with Crippen LogP contribution in [0.3, 0.4) is 0 Å². The van der Waals surface area contributed by atoms with Gasteiger partial charge in [-0.25, -0.2) is 4.79 Å². The fraction of sp³-hybridized carbons (Fsp3) is 0.571. The summed E-state index contributed by atoms with van der Waals surface area (Å²) in [5, 5.41) is 8.85. The van der Waals surface area contributed by atoms with Crippen molar-refractivity contribution in [3.8, 4) is 0 Å². The van der Waals surface area contributed by atoms with Crippen molar-refractivity contribution in [1.82, 2.24) is 4.57 Å². The van der Waals surface area contributed by atoms with Crippen molar-refractivity contribution in [3.63, 3.8) is 0 Å². The van der Waals surface area contributed by atoms with E-state index in [1.165, 1.54) is 48.6 Å². The van der Waals surface area contributed by atoms with Crippen molar-refractivity contribution in [2.45, 2.75) is 52.0 Å². The first-order valence-corrected chi connectivity index (χ1v) is 6.59. The average Bonchev–Trinajstić information content (AvgIpc) is 2.35. The number of aromatic carboxylic acids is 1. The lowest BCUT2D eigenvalue weighted by atomic mass is 10.1. The van der Waals surface area contributed by atoms with Crippen LogP contribution in [0.1, 0.15) is 55.8 Å². The molecule has 1 rings (SSSR count). The first kappa shape index (κ1) is 14.5. The highest BCUT2D eigenvalue weighted by Gasteiger charge is 2.04. The molecule has 0 unspecified atom stereocenters. The summed E-state index contributed by atoms with van der Waals surface area (Å²) in [6.07, 6.45) is 8.34. The van der Waals surface area contributed by atoms with Gasteiger partial charge in [0.15, 0.2) is 0 Å². The van der Waals surface area contributed by atoms with Crippen molar-refractivity contribution in [2.75, 3.05) is 0 Å². The minimum Gasteiger partial charge on any atom is -0.478 e. The molecule has 0 atom stereocenters. The fourth-order valence-electron chi connectivity index (χ4n) is 1.90. The molecule has 4 nitrogen and oxygen atoms in total. The minimum atomic E-state index is -0.994. The van der Waals surface area contributed by atoms with E-state index in [0.717, 1.165) is 12.8 Å². The average molecular weight is 251 g/mol. The van der Waals surface area contributed by atoms with Gasteiger partial charge in [0.05, 0.1) is 5.56 Å². The summed E-state index contributed by atoms with van der Waals surface area (Å²) >= 11 is 0. The molecular weight excluding hydrogens is 230 g/mol. The molecule has 18 heavy (non-hydrogen) atoms. The zero-order valence-electron chi connectivity index (χ0n) is 10.9. The summed E-state index contributed by atoms with van der Waals surface area (Å²) in [5.74, 6) is -0.994. The van der Waals surface area contributed by atoms with Gasteiger partial charge in [0.2, 0.25) is 0 Å². The molecule has 0 fully saturated rings. The van der Waals surface area contributed by atoms with E-state index < -0.39 is 5.97 Å². The highest BCUT2D eigenvalue weighted by atomic mass is 16.4. The molecule has 0 amide bonds. The van der Waals surface area contributed by atoms with Gasteiger partial charge < -0.3 is 9.67 Å². The number of hydrogen-bond donors (Lipinski definition) is 1. The third-order valence-electron chi connectivity index (χ3n) is 2.98. The number of nitrogens with zero attached hydrogens (tertiary/aromatic N) is 1. The molecule has 4 heteroatoms. The van der Waals surface area contributed by atoms with Crippen LogP contribution in [-0.2, 0) is 6.54 Å². The Morgan fingerprint density at radius 2 is 1.83 bits per heavy atom. The molecule has 0 radical (unpaired) electrons. The summed E-state index contributed by atoms with van der Waals surface area (Å²) in [5.41, 5.74) is 0.0362. The summed E-state index contributed by atoms with van der Waals surface area (Å²) in [6.45, 7) is 2.78. The molecule has 0 saturated heterocycles. The zero-order chi connectivity index (χ0) is 13.4. The second-order valence-electron chi connectivity index (χ2n) is 4.52. The van der Waals surface area contributed by atoms with Crippen LogP contribution in [0, 0.1) is 0 Å². The van der Waals surface area contributed by atoms with E-state index in [2.05, 4.69) is 6.92 Å². The molecular formula is C14H21NO3. The fourth-order valence-corrected chi connectivity index (χ4v) is 1.90. The molecule has 1 aromatic rings. The molecule has 1 aromatic heterocycles. The van der Waals surface area contributed by atoms with Crippen LogP contribution in [-0.4, -0.2) is 15.6 Å². The standard InChI is InChI=1S/C14H21NO3/c1-2-3-4-5-6-7-10-15-11-12(14(17)18)8-9-13(15)16/h8-9,11H,2-7,10H2,1H3,(H,17,18). The van der Waals surface area contributed by atoms with Crippen molar-refractivity contribution >= 4 is 5.97 Å². The Morgan fingerprint density at radius 3 is 2.50 bits per heavy atom. The van der Waals surface area contributed by atoms with Crippen LogP contribution in [0.5, 0.6) is 0 Å². The summed E-state index contributed by atoms with van der Waals surface area (Å²) in [4.78, 5) is 22.3. The lowest BCUT2D eigenvalue weighted by Crippen LogP contribution is -2.20. The Hall–Kier alpha value is -1.58. The number of rotatable bonds is 8. The van der Waals surface area contributed by atoms with E-state index in [-0.39, 0.29) is 11.1 Å². The van der Waals surface area contributed by atoms with Gasteiger partial charge in [-0.1, -0.05) is 39.0 Å². The molecule has 0 aliphatic carbocycles. The van der Waals surface area contributed by atoms with Gasteiger partial charge in [-0.2, -0.15) is 0 Å². The monoisotopic (exact) mass is 251 g/mol. The van der Waals surface area contributed by atoms with Gasteiger partial charge in [0, 0.05) is 18.8 Å². The maximum absolute atomic E-state index is 11.5. The summed E-state index contributed by atoms with van der Waals surface area (Å²) in [7, 11) is 0. The molecule has 0 saturated carbocycles. The normalized spacial score (nSPS) is 10.5. The first-order chi connectivity index (χ1) is 8.65. The predicted octanol–water partition coefficient (Wildman–Crippen LogP) is 2.91. The van der Waals surface area contributed by atoms with E-state index in [4.69, 9.17) is 5.11 Å². The highest BCUT2D eigenvalue weighted by Crippen LogP contribution is 2.06. The van der Waals surface area contributed by atoms with E-state index in [0.29, 0.717) is 6.54 Å². The van der Waals surface area contributed by atoms with Crippen LogP contribution in [0.15, 0.2) is 23.1 Å². The molecule has 1 heterocycles. The Balaban J connectivity index is 2.44. The Kier molecular flexibility index (Phi) is 6.19. The molecule has 0 aliphatic heterocycles. The number of carbonyl (C=O) groups is 1. The van der Waals surface area contributed by atoms with Gasteiger partial charge in [-0.3, -0.25) is 4.79 Å². The molecule has 1 N–H and O–H groups in total. The van der Waals surface area contributed by atoms with E-state index in [1.807, 2.05) is 0 Å². The van der Waals surface area contributed by atoms with E-state index in [9.17, 15) is 9.59 Å². The Bertz CT molecular complexity index is 437. The van der Waals surface area contributed by atoms with E-state index in [1.54, 1.807) is 0 Å². The highest BCUT2D eigenvalue weighted by molar-refractivity contribution is 5.87. The van der Waals surface area contributed by atoms with Gasteiger partial charge in [0.25, 0.3) is 5.56 Å². The molecule has 0 spiro atoms. The number of carboxylic acid groups (broad SMARTS) is 1. The van der Waals surface area contributed by atoms with Gasteiger partial charge in [0.1, 0.15) is 0 Å². The number of aryl methyl sites for hydroxylation is 1.